The zero-order chi connectivity index (χ0) is 8.27. The molecule has 4 heteroatoms. The van der Waals surface area contributed by atoms with E-state index < -0.39 is 6.09 Å². The number of hydrogen-bond donors (Lipinski definition) is 1. The molecule has 4 nitrogen and oxygen atoms in total. The number of nitrogens with two attached hydrogens (primary N) is 1. The Balaban J connectivity index is 2.44. The molecule has 0 aromatic heterocycles. The van der Waals surface area contributed by atoms with Crippen molar-refractivity contribution in [3.05, 3.63) is 12.3 Å². The summed E-state index contributed by atoms with van der Waals surface area (Å²) in [5.74, 6) is 0. The van der Waals surface area contributed by atoms with E-state index >= 15 is 0 Å². The van der Waals surface area contributed by atoms with Gasteiger partial charge in [0.05, 0.1) is 6.26 Å². The van der Waals surface area contributed by atoms with Gasteiger partial charge in [-0.3, -0.25) is 0 Å². The molecular weight excluding hydrogens is 146 g/mol. The van der Waals surface area contributed by atoms with Crippen molar-refractivity contribution in [3.8, 4) is 0 Å². The fourth-order valence-electron chi connectivity index (χ4n) is 0.942. The normalized spacial score (nSPS) is 29.2. The predicted octanol–water partition coefficient (Wildman–Crippen LogP) is 0.773. The molecule has 62 valence electrons. The topological polar surface area (TPSA) is 61.6 Å². The van der Waals surface area contributed by atoms with Crippen molar-refractivity contribution in [3.63, 3.8) is 0 Å². The first kappa shape index (κ1) is 7.91. The molecule has 1 aliphatic heterocycles. The van der Waals surface area contributed by atoms with Crippen LogP contribution in [-0.4, -0.2) is 18.3 Å². The lowest BCUT2D eigenvalue weighted by Crippen LogP contribution is -2.33. The summed E-state index contributed by atoms with van der Waals surface area (Å²) in [7, 11) is 0. The van der Waals surface area contributed by atoms with Crippen LogP contribution in [0, 0.1) is 0 Å². The molecule has 0 aromatic rings. The van der Waals surface area contributed by atoms with Gasteiger partial charge in [0, 0.05) is 6.42 Å². The number of hydrogen-bond acceptors (Lipinski definition) is 3. The first-order chi connectivity index (χ1) is 5.20. The summed E-state index contributed by atoms with van der Waals surface area (Å²) in [6, 6.07) is 0. The zero-order valence-corrected chi connectivity index (χ0v) is 6.32. The van der Waals surface area contributed by atoms with Crippen molar-refractivity contribution in [2.24, 2.45) is 5.73 Å². The van der Waals surface area contributed by atoms with Crippen LogP contribution in [0.3, 0.4) is 0 Å². The number of rotatable bonds is 1. The van der Waals surface area contributed by atoms with Crippen LogP contribution in [0.1, 0.15) is 13.3 Å². The summed E-state index contributed by atoms with van der Waals surface area (Å²) in [5, 5.41) is 0. The minimum Gasteiger partial charge on any atom is -0.495 e. The largest absolute Gasteiger partial charge is 0.495 e. The van der Waals surface area contributed by atoms with Crippen LogP contribution in [0.25, 0.3) is 0 Å². The molecule has 0 spiro atoms. The Hall–Kier alpha value is -1.19. The summed E-state index contributed by atoms with van der Waals surface area (Å²) < 4.78 is 9.84. The average molecular weight is 157 g/mol. The molecule has 0 aliphatic carbocycles. The first-order valence-corrected chi connectivity index (χ1v) is 3.46. The van der Waals surface area contributed by atoms with Gasteiger partial charge in [-0.25, -0.2) is 4.79 Å². The molecular formula is C7H11NO3. The average Bonchev–Trinajstić information content (AvgIpc) is 1.93. The van der Waals surface area contributed by atoms with Gasteiger partial charge in [0.15, 0.2) is 0 Å². The molecule has 1 heterocycles. The summed E-state index contributed by atoms with van der Waals surface area (Å²) in [6.45, 7) is 1.83. The van der Waals surface area contributed by atoms with E-state index in [0.717, 1.165) is 0 Å². The third kappa shape index (κ3) is 2.14. The van der Waals surface area contributed by atoms with E-state index in [-0.39, 0.29) is 12.2 Å². The van der Waals surface area contributed by atoms with Crippen LogP contribution in [0.5, 0.6) is 0 Å². The van der Waals surface area contributed by atoms with Crippen molar-refractivity contribution in [1.82, 2.24) is 0 Å². The van der Waals surface area contributed by atoms with Gasteiger partial charge < -0.3 is 15.2 Å². The lowest BCUT2D eigenvalue weighted by atomic mass is 10.1. The lowest BCUT2D eigenvalue weighted by Gasteiger charge is -2.24. The highest BCUT2D eigenvalue weighted by Gasteiger charge is 2.22. The molecule has 0 unspecified atom stereocenters. The van der Waals surface area contributed by atoms with E-state index in [4.69, 9.17) is 15.2 Å². The summed E-state index contributed by atoms with van der Waals surface area (Å²) in [4.78, 5) is 10.3. The maximum atomic E-state index is 10.3. The molecule has 2 atom stereocenters. The van der Waals surface area contributed by atoms with Crippen molar-refractivity contribution in [2.75, 3.05) is 0 Å². The van der Waals surface area contributed by atoms with Crippen molar-refractivity contribution >= 4 is 6.09 Å². The Morgan fingerprint density at radius 3 is 3.09 bits per heavy atom. The molecule has 0 fully saturated rings. The van der Waals surface area contributed by atoms with Crippen LogP contribution < -0.4 is 5.73 Å². The van der Waals surface area contributed by atoms with Crippen molar-refractivity contribution in [2.45, 2.75) is 25.6 Å². The van der Waals surface area contributed by atoms with Crippen LogP contribution in [-0.2, 0) is 9.47 Å². The third-order valence-electron chi connectivity index (χ3n) is 1.55. The second-order valence-corrected chi connectivity index (χ2v) is 2.42. The van der Waals surface area contributed by atoms with E-state index in [1.807, 2.05) is 6.92 Å². The van der Waals surface area contributed by atoms with E-state index in [9.17, 15) is 4.79 Å². The Labute approximate surface area is 65.0 Å². The summed E-state index contributed by atoms with van der Waals surface area (Å²) >= 11 is 0. The van der Waals surface area contributed by atoms with Crippen LogP contribution in [0.2, 0.25) is 0 Å². The second kappa shape index (κ2) is 3.27. The first-order valence-electron chi connectivity index (χ1n) is 3.46. The van der Waals surface area contributed by atoms with E-state index in [2.05, 4.69) is 0 Å². The molecule has 1 rings (SSSR count). The lowest BCUT2D eigenvalue weighted by molar-refractivity contribution is -0.00128. The van der Waals surface area contributed by atoms with E-state index in [0.29, 0.717) is 6.42 Å². The molecule has 0 saturated heterocycles. The van der Waals surface area contributed by atoms with Gasteiger partial charge in [0.25, 0.3) is 0 Å². The number of carbonyl (C=O) groups excluding carboxylic acids is 1. The van der Waals surface area contributed by atoms with Crippen LogP contribution in [0.4, 0.5) is 4.79 Å². The third-order valence-corrected chi connectivity index (χ3v) is 1.55. The minimum atomic E-state index is -0.749. The quantitative estimate of drug-likeness (QED) is 0.611. The minimum absolute atomic E-state index is 0.104. The molecule has 11 heavy (non-hydrogen) atoms. The van der Waals surface area contributed by atoms with Gasteiger partial charge in [0.2, 0.25) is 0 Å². The second-order valence-electron chi connectivity index (χ2n) is 2.42. The Kier molecular flexibility index (Phi) is 2.36. The summed E-state index contributed by atoms with van der Waals surface area (Å²) in [5.41, 5.74) is 4.84. The highest BCUT2D eigenvalue weighted by molar-refractivity contribution is 5.64. The van der Waals surface area contributed by atoms with E-state index in [1.54, 1.807) is 12.3 Å². The molecule has 1 aliphatic rings. The van der Waals surface area contributed by atoms with Gasteiger partial charge in [-0.2, -0.15) is 0 Å². The van der Waals surface area contributed by atoms with Gasteiger partial charge in [-0.15, -0.1) is 0 Å². The van der Waals surface area contributed by atoms with Gasteiger partial charge in [-0.05, 0) is 13.0 Å². The maximum Gasteiger partial charge on any atom is 0.404 e. The molecule has 0 saturated carbocycles. The monoisotopic (exact) mass is 157 g/mol. The fraction of sp³-hybridized carbons (Fsp3) is 0.571. The highest BCUT2D eigenvalue weighted by Crippen LogP contribution is 2.13. The number of carbonyl (C=O) groups is 1. The molecule has 0 aromatic carbocycles. The molecule has 2 N–H and O–H groups in total. The van der Waals surface area contributed by atoms with Crippen molar-refractivity contribution in [1.29, 1.82) is 0 Å². The SMILES string of the molecule is C[C@@H]1OC=CC[C@H]1OC(N)=O. The number of amides is 1. The Morgan fingerprint density at radius 1 is 1.82 bits per heavy atom. The maximum absolute atomic E-state index is 10.3. The molecule has 0 bridgehead atoms. The molecule has 0 radical (unpaired) electrons. The van der Waals surface area contributed by atoms with Gasteiger partial charge in [0.1, 0.15) is 12.2 Å². The smallest absolute Gasteiger partial charge is 0.404 e. The fourth-order valence-corrected chi connectivity index (χ4v) is 0.942. The highest BCUT2D eigenvalue weighted by atomic mass is 16.6. The van der Waals surface area contributed by atoms with Gasteiger partial charge in [-0.1, -0.05) is 0 Å². The van der Waals surface area contributed by atoms with Crippen LogP contribution in [0.15, 0.2) is 12.3 Å². The Morgan fingerprint density at radius 2 is 2.55 bits per heavy atom. The standard InChI is InChI=1S/C7H11NO3/c1-5-6(11-7(8)9)3-2-4-10-5/h2,4-6H,3H2,1H3,(H2,8,9)/t5-,6+/m0/s1. The van der Waals surface area contributed by atoms with Crippen molar-refractivity contribution < 1.29 is 14.3 Å². The van der Waals surface area contributed by atoms with E-state index in [1.165, 1.54) is 0 Å². The Bertz CT molecular complexity index is 179. The number of primary amides is 1. The van der Waals surface area contributed by atoms with Crippen LogP contribution >= 0.6 is 0 Å². The summed E-state index contributed by atoms with van der Waals surface area (Å²) in [6.07, 6.45) is 2.98. The number of ether oxygens (including phenoxy) is 2. The predicted molar refractivity (Wildman–Crippen MR) is 38.8 cm³/mol. The van der Waals surface area contributed by atoms with Gasteiger partial charge >= 0.3 is 6.09 Å². The molecule has 1 amide bonds. The zero-order valence-electron chi connectivity index (χ0n) is 6.32.